The van der Waals surface area contributed by atoms with Gasteiger partial charge in [0.05, 0.1) is 22.6 Å². The molecule has 1 aliphatic rings. The van der Waals surface area contributed by atoms with Crippen LogP contribution in [0.3, 0.4) is 0 Å². The highest BCUT2D eigenvalue weighted by atomic mass is 32.2. The topological polar surface area (TPSA) is 113 Å². The largest absolute Gasteiger partial charge is 0.504 e. The van der Waals surface area contributed by atoms with Gasteiger partial charge in [0.2, 0.25) is 5.13 Å². The van der Waals surface area contributed by atoms with Crippen LogP contribution in [0.5, 0.6) is 11.5 Å². The summed E-state index contributed by atoms with van der Waals surface area (Å²) in [4.78, 5) is 28.8. The Morgan fingerprint density at radius 1 is 1.44 bits per heavy atom. The number of methoxy groups -OCH3 is 1. The van der Waals surface area contributed by atoms with E-state index in [0.717, 1.165) is 11.8 Å². The summed E-state index contributed by atoms with van der Waals surface area (Å²) in [7, 11) is 1.46. The van der Waals surface area contributed by atoms with Crippen molar-refractivity contribution in [3.8, 4) is 11.5 Å². The number of anilines is 1. The second-order valence-corrected chi connectivity index (χ2v) is 7.51. The van der Waals surface area contributed by atoms with Crippen LogP contribution in [-0.2, 0) is 4.79 Å². The fourth-order valence-corrected chi connectivity index (χ4v) is 3.89. The number of para-hydroxylation sites is 1. The molecule has 1 aliphatic heterocycles. The first kappa shape index (κ1) is 18.9. The number of phenolic OH excluding ortho intramolecular Hbond substituents is 1. The van der Waals surface area contributed by atoms with E-state index in [4.69, 9.17) is 4.74 Å². The molecule has 1 saturated heterocycles. The Bertz CT molecular complexity index is 981. The molecule has 2 heterocycles. The Morgan fingerprint density at radius 2 is 2.22 bits per heavy atom. The minimum absolute atomic E-state index is 0.0422. The van der Waals surface area contributed by atoms with Gasteiger partial charge in [-0.3, -0.25) is 20.3 Å². The molecule has 3 rings (SSSR count). The van der Waals surface area contributed by atoms with Gasteiger partial charge >= 0.3 is 0 Å². The molecule has 0 bridgehead atoms. The van der Waals surface area contributed by atoms with E-state index in [1.807, 2.05) is 0 Å². The molecule has 0 aliphatic carbocycles. The molecule has 10 heteroatoms. The lowest BCUT2D eigenvalue weighted by molar-refractivity contribution is -0.115. The maximum atomic E-state index is 12.1. The van der Waals surface area contributed by atoms with Crippen LogP contribution in [0.15, 0.2) is 28.2 Å². The van der Waals surface area contributed by atoms with Crippen molar-refractivity contribution < 1.29 is 19.4 Å². The number of benzene rings is 1. The summed E-state index contributed by atoms with van der Waals surface area (Å²) in [5.41, 5.74) is 3.84. The number of carbonyl (C=O) groups excluding carboxylic acids is 2. The summed E-state index contributed by atoms with van der Waals surface area (Å²) in [6.07, 6.45) is 1.56. The number of phenols is 1. The van der Waals surface area contributed by atoms with Gasteiger partial charge in [0.15, 0.2) is 22.4 Å². The van der Waals surface area contributed by atoms with Crippen molar-refractivity contribution in [3.05, 3.63) is 39.2 Å². The normalized spacial score (nSPS) is 16.6. The van der Waals surface area contributed by atoms with Gasteiger partial charge in [-0.15, -0.1) is 5.10 Å². The van der Waals surface area contributed by atoms with Crippen molar-refractivity contribution in [2.45, 2.75) is 13.8 Å². The molecule has 0 saturated carbocycles. The number of nitrogens with one attached hydrogen (secondary N) is 2. The van der Waals surface area contributed by atoms with E-state index >= 15 is 0 Å². The number of thioether (sulfide) groups is 1. The quantitative estimate of drug-likeness (QED) is 0.399. The molecular weight excluding hydrogens is 388 g/mol. The van der Waals surface area contributed by atoms with E-state index in [1.165, 1.54) is 25.4 Å². The molecular formula is C17H16N4O4S2. The SMILES string of the molecule is COc1cccc(/C=C2\S/C(=N/Nc3nc(C)c(C(C)=O)s3)NC2=O)c1O. The zero-order chi connectivity index (χ0) is 19.6. The number of carbonyl (C=O) groups is 2. The van der Waals surface area contributed by atoms with Crippen LogP contribution in [0.2, 0.25) is 0 Å². The molecule has 27 heavy (non-hydrogen) atoms. The third-order valence-corrected chi connectivity index (χ3v) is 5.63. The van der Waals surface area contributed by atoms with Gasteiger partial charge in [-0.05, 0) is 30.8 Å². The van der Waals surface area contributed by atoms with Gasteiger partial charge in [0, 0.05) is 12.5 Å². The van der Waals surface area contributed by atoms with Gasteiger partial charge in [0.25, 0.3) is 5.91 Å². The van der Waals surface area contributed by atoms with E-state index in [-0.39, 0.29) is 17.4 Å². The van der Waals surface area contributed by atoms with Crippen LogP contribution in [0, 0.1) is 6.92 Å². The Kier molecular flexibility index (Phi) is 5.47. The summed E-state index contributed by atoms with van der Waals surface area (Å²) in [6.45, 7) is 3.23. The van der Waals surface area contributed by atoms with Crippen molar-refractivity contribution in [2.75, 3.05) is 12.5 Å². The molecule has 1 amide bonds. The average molecular weight is 404 g/mol. The third kappa shape index (κ3) is 4.12. The molecule has 0 radical (unpaired) electrons. The standard InChI is InChI=1S/C17H16N4O4S2/c1-8-14(9(2)22)27-16(18-8)20-21-17-19-15(24)12(26-17)7-10-5-4-6-11(25-3)13(10)23/h4-7,23H,1-3H3,(H,18,20)(H,19,21,24)/b12-7-. The maximum absolute atomic E-state index is 12.1. The van der Waals surface area contributed by atoms with Crippen molar-refractivity contribution in [2.24, 2.45) is 5.10 Å². The lowest BCUT2D eigenvalue weighted by Gasteiger charge is -2.05. The summed E-state index contributed by atoms with van der Waals surface area (Å²) < 4.78 is 5.06. The van der Waals surface area contributed by atoms with E-state index < -0.39 is 0 Å². The minimum atomic E-state index is -0.331. The van der Waals surface area contributed by atoms with E-state index in [0.29, 0.717) is 37.1 Å². The smallest absolute Gasteiger partial charge is 0.264 e. The molecule has 1 aromatic carbocycles. The number of aromatic nitrogens is 1. The number of ether oxygens (including phenoxy) is 1. The number of hydrogen-bond donors (Lipinski definition) is 3. The van der Waals surface area contributed by atoms with Gasteiger partial charge in [-0.25, -0.2) is 4.98 Å². The molecule has 0 spiro atoms. The number of Topliss-reactive ketones (excluding diaryl/α,β-unsaturated/α-hetero) is 1. The zero-order valence-electron chi connectivity index (χ0n) is 14.7. The second-order valence-electron chi connectivity index (χ2n) is 5.48. The molecule has 0 atom stereocenters. The molecule has 1 fully saturated rings. The number of thiazole rings is 1. The lowest BCUT2D eigenvalue weighted by atomic mass is 10.1. The molecule has 3 N–H and O–H groups in total. The predicted molar refractivity (Wildman–Crippen MR) is 106 cm³/mol. The predicted octanol–water partition coefficient (Wildman–Crippen LogP) is 2.96. The Labute approximate surface area is 163 Å². The molecule has 1 aromatic heterocycles. The van der Waals surface area contributed by atoms with Crippen LogP contribution in [-0.4, -0.2) is 34.1 Å². The van der Waals surface area contributed by atoms with Crippen molar-refractivity contribution in [1.29, 1.82) is 0 Å². The number of amides is 1. The van der Waals surface area contributed by atoms with Crippen LogP contribution in [0.25, 0.3) is 6.08 Å². The molecule has 8 nitrogen and oxygen atoms in total. The number of hydrogen-bond acceptors (Lipinski definition) is 9. The number of hydrazone groups is 1. The van der Waals surface area contributed by atoms with Crippen molar-refractivity contribution >= 4 is 51.2 Å². The molecule has 140 valence electrons. The van der Waals surface area contributed by atoms with Gasteiger partial charge in [0.1, 0.15) is 0 Å². The number of aromatic hydroxyl groups is 1. The summed E-state index contributed by atoms with van der Waals surface area (Å²) in [5, 5.41) is 17.7. The van der Waals surface area contributed by atoms with Gasteiger partial charge < -0.3 is 9.84 Å². The zero-order valence-corrected chi connectivity index (χ0v) is 16.3. The molecule has 2 aromatic rings. The first-order chi connectivity index (χ1) is 12.9. The second kappa shape index (κ2) is 7.80. The lowest BCUT2D eigenvalue weighted by Crippen LogP contribution is -2.20. The maximum Gasteiger partial charge on any atom is 0.264 e. The summed E-state index contributed by atoms with van der Waals surface area (Å²) in [6, 6.07) is 5.02. The fraction of sp³-hybridized carbons (Fsp3) is 0.176. The monoisotopic (exact) mass is 404 g/mol. The highest BCUT2D eigenvalue weighted by Gasteiger charge is 2.25. The highest BCUT2D eigenvalue weighted by molar-refractivity contribution is 8.18. The van der Waals surface area contributed by atoms with Crippen LogP contribution >= 0.6 is 23.1 Å². The summed E-state index contributed by atoms with van der Waals surface area (Å²) in [5.74, 6) is -0.108. The van der Waals surface area contributed by atoms with Gasteiger partial charge in [-0.2, -0.15) is 0 Å². The first-order valence-corrected chi connectivity index (χ1v) is 9.41. The van der Waals surface area contributed by atoms with Crippen LogP contribution < -0.4 is 15.5 Å². The van der Waals surface area contributed by atoms with E-state index in [2.05, 4.69) is 20.8 Å². The van der Waals surface area contributed by atoms with E-state index in [1.54, 1.807) is 31.2 Å². The van der Waals surface area contributed by atoms with Crippen molar-refractivity contribution in [1.82, 2.24) is 10.3 Å². The Hall–Kier alpha value is -2.85. The number of rotatable bonds is 5. The number of amidine groups is 1. The number of aryl methyl sites for hydroxylation is 1. The van der Waals surface area contributed by atoms with Crippen LogP contribution in [0.1, 0.15) is 27.9 Å². The minimum Gasteiger partial charge on any atom is -0.504 e. The number of ketones is 1. The Morgan fingerprint density at radius 3 is 2.89 bits per heavy atom. The Balaban J connectivity index is 1.76. The number of nitrogens with zero attached hydrogens (tertiary/aromatic N) is 2. The van der Waals surface area contributed by atoms with E-state index in [9.17, 15) is 14.7 Å². The third-order valence-electron chi connectivity index (χ3n) is 3.56. The fourth-order valence-electron chi connectivity index (χ4n) is 2.31. The average Bonchev–Trinajstić information content (AvgIpc) is 3.17. The summed E-state index contributed by atoms with van der Waals surface area (Å²) >= 11 is 2.32. The highest BCUT2D eigenvalue weighted by Crippen LogP contribution is 2.34. The van der Waals surface area contributed by atoms with Crippen LogP contribution in [0.4, 0.5) is 5.13 Å². The molecule has 0 unspecified atom stereocenters. The van der Waals surface area contributed by atoms with Crippen molar-refractivity contribution in [3.63, 3.8) is 0 Å². The first-order valence-electron chi connectivity index (χ1n) is 7.78. The van der Waals surface area contributed by atoms with Gasteiger partial charge in [-0.1, -0.05) is 23.5 Å².